The molecule has 1 saturated carbocycles. The molecule has 3 aromatic rings. The first-order valence-electron chi connectivity index (χ1n) is 10.3. The molecule has 0 radical (unpaired) electrons. The first-order valence-corrected chi connectivity index (χ1v) is 10.3. The lowest BCUT2D eigenvalue weighted by Crippen LogP contribution is -2.25. The Kier molecular flexibility index (Phi) is 5.62. The van der Waals surface area contributed by atoms with E-state index in [2.05, 4.69) is 72.9 Å². The Labute approximate surface area is 178 Å². The van der Waals surface area contributed by atoms with Crippen molar-refractivity contribution in [3.8, 4) is 0 Å². The van der Waals surface area contributed by atoms with Crippen molar-refractivity contribution >= 4 is 18.2 Å². The van der Waals surface area contributed by atoms with Crippen molar-refractivity contribution in [1.82, 2.24) is 5.43 Å². The van der Waals surface area contributed by atoms with E-state index in [4.69, 9.17) is 0 Å². The number of carbonyl (C=O) groups excluding carboxylic acids is 1. The van der Waals surface area contributed by atoms with Crippen LogP contribution in [-0.4, -0.2) is 12.1 Å². The van der Waals surface area contributed by atoms with Gasteiger partial charge in [0.2, 0.25) is 5.91 Å². The van der Waals surface area contributed by atoms with Gasteiger partial charge in [-0.15, -0.1) is 0 Å². The number of nitrogens with one attached hydrogen (secondary N) is 1. The van der Waals surface area contributed by atoms with E-state index in [1.807, 2.05) is 42.5 Å². The van der Waals surface area contributed by atoms with Crippen LogP contribution in [-0.2, 0) is 10.2 Å². The summed E-state index contributed by atoms with van der Waals surface area (Å²) >= 11 is 0. The monoisotopic (exact) mass is 394 g/mol. The van der Waals surface area contributed by atoms with E-state index in [0.717, 1.165) is 12.0 Å². The maximum Gasteiger partial charge on any atom is 0.244 e. The van der Waals surface area contributed by atoms with Crippen molar-refractivity contribution in [2.24, 2.45) is 11.0 Å². The third-order valence-electron chi connectivity index (χ3n) is 5.77. The summed E-state index contributed by atoms with van der Waals surface area (Å²) in [5.41, 5.74) is 8.34. The third kappa shape index (κ3) is 4.11. The normalized spacial score (nSPS) is 17.3. The predicted octanol–water partition coefficient (Wildman–Crippen LogP) is 5.42. The first kappa shape index (κ1) is 19.8. The van der Waals surface area contributed by atoms with Gasteiger partial charge in [0.1, 0.15) is 0 Å². The minimum Gasteiger partial charge on any atom is -0.273 e. The maximum atomic E-state index is 12.9. The van der Waals surface area contributed by atoms with Gasteiger partial charge in [-0.05, 0) is 43.0 Å². The fourth-order valence-electron chi connectivity index (χ4n) is 4.17. The van der Waals surface area contributed by atoms with Crippen LogP contribution in [0.5, 0.6) is 0 Å². The number of nitrogens with zero attached hydrogens (tertiary/aromatic N) is 1. The molecule has 0 aromatic heterocycles. The van der Waals surface area contributed by atoms with Crippen LogP contribution in [0.1, 0.15) is 34.2 Å². The lowest BCUT2D eigenvalue weighted by molar-refractivity contribution is -0.122. The smallest absolute Gasteiger partial charge is 0.244 e. The molecule has 0 spiro atoms. The van der Waals surface area contributed by atoms with Crippen molar-refractivity contribution in [2.45, 2.75) is 25.7 Å². The van der Waals surface area contributed by atoms with Crippen molar-refractivity contribution < 1.29 is 4.79 Å². The van der Waals surface area contributed by atoms with Crippen molar-refractivity contribution in [2.75, 3.05) is 0 Å². The fourth-order valence-corrected chi connectivity index (χ4v) is 4.17. The lowest BCUT2D eigenvalue weighted by Gasteiger charge is -2.19. The van der Waals surface area contributed by atoms with Gasteiger partial charge >= 0.3 is 0 Å². The highest BCUT2D eigenvalue weighted by atomic mass is 16.2. The number of hydrogen-bond acceptors (Lipinski definition) is 2. The van der Waals surface area contributed by atoms with E-state index >= 15 is 0 Å². The standard InChI is InChI=1S/C27H26N2O/c1-20-9-6-14-23(17-20)27(24-15-7-10-21(2)18-24)19-25(27)26(30)29-28-16-8-13-22-11-4-3-5-12-22/h3-18,25H,19H2,1-2H3,(H,29,30). The zero-order valence-electron chi connectivity index (χ0n) is 17.4. The molecule has 3 heteroatoms. The molecule has 1 amide bonds. The molecule has 1 aliphatic carbocycles. The van der Waals surface area contributed by atoms with E-state index in [1.165, 1.54) is 22.3 Å². The summed E-state index contributed by atoms with van der Waals surface area (Å²) in [6.07, 6.45) is 6.20. The van der Waals surface area contributed by atoms with Crippen molar-refractivity contribution in [1.29, 1.82) is 0 Å². The molecule has 1 atom stereocenters. The molecule has 150 valence electrons. The number of aryl methyl sites for hydroxylation is 2. The second-order valence-corrected chi connectivity index (χ2v) is 7.99. The molecule has 3 aromatic carbocycles. The summed E-state index contributed by atoms with van der Waals surface area (Å²) in [5, 5.41) is 4.12. The summed E-state index contributed by atoms with van der Waals surface area (Å²) in [5.74, 6) is -0.168. The Balaban J connectivity index is 1.51. The second kappa shape index (κ2) is 8.50. The summed E-state index contributed by atoms with van der Waals surface area (Å²) in [4.78, 5) is 12.9. The molecular weight excluding hydrogens is 368 g/mol. The average Bonchev–Trinajstić information content (AvgIpc) is 3.51. The Bertz CT molecular complexity index is 1050. The van der Waals surface area contributed by atoms with E-state index < -0.39 is 0 Å². The topological polar surface area (TPSA) is 41.5 Å². The minimum atomic E-state index is -0.280. The van der Waals surface area contributed by atoms with Gasteiger partial charge in [-0.2, -0.15) is 5.10 Å². The van der Waals surface area contributed by atoms with Crippen LogP contribution in [0, 0.1) is 19.8 Å². The number of hydrogen-bond donors (Lipinski definition) is 1. The van der Waals surface area contributed by atoms with Gasteiger partial charge in [0, 0.05) is 11.6 Å². The third-order valence-corrected chi connectivity index (χ3v) is 5.77. The molecular formula is C27H26N2O. The largest absolute Gasteiger partial charge is 0.273 e. The molecule has 30 heavy (non-hydrogen) atoms. The average molecular weight is 395 g/mol. The summed E-state index contributed by atoms with van der Waals surface area (Å²) in [7, 11) is 0. The predicted molar refractivity (Wildman–Crippen MR) is 123 cm³/mol. The maximum absolute atomic E-state index is 12.9. The summed E-state index contributed by atoms with van der Waals surface area (Å²) in [6.45, 7) is 4.18. The molecule has 1 aliphatic rings. The van der Waals surface area contributed by atoms with Crippen LogP contribution in [0.2, 0.25) is 0 Å². The molecule has 0 aliphatic heterocycles. The highest BCUT2D eigenvalue weighted by Gasteiger charge is 2.60. The van der Waals surface area contributed by atoms with E-state index in [-0.39, 0.29) is 17.2 Å². The minimum absolute atomic E-state index is 0.0395. The highest BCUT2D eigenvalue weighted by molar-refractivity contribution is 5.87. The van der Waals surface area contributed by atoms with Crippen LogP contribution < -0.4 is 5.43 Å². The molecule has 4 rings (SSSR count). The molecule has 0 saturated heterocycles. The van der Waals surface area contributed by atoms with Crippen LogP contribution >= 0.6 is 0 Å². The van der Waals surface area contributed by atoms with Gasteiger partial charge in [0.05, 0.1) is 5.92 Å². The van der Waals surface area contributed by atoms with Crippen molar-refractivity contribution in [3.05, 3.63) is 113 Å². The Hall–Kier alpha value is -3.46. The molecule has 1 unspecified atom stereocenters. The van der Waals surface area contributed by atoms with E-state index in [1.54, 1.807) is 6.21 Å². The zero-order chi connectivity index (χ0) is 21.0. The Morgan fingerprint density at radius 1 is 0.933 bits per heavy atom. The molecule has 3 nitrogen and oxygen atoms in total. The van der Waals surface area contributed by atoms with Crippen LogP contribution in [0.25, 0.3) is 6.08 Å². The number of rotatable bonds is 6. The van der Waals surface area contributed by atoms with Crippen LogP contribution in [0.3, 0.4) is 0 Å². The molecule has 0 bridgehead atoms. The van der Waals surface area contributed by atoms with Gasteiger partial charge in [-0.1, -0.05) is 96.1 Å². The van der Waals surface area contributed by atoms with Gasteiger partial charge in [0.15, 0.2) is 0 Å². The fraction of sp³-hybridized carbons (Fsp3) is 0.185. The van der Waals surface area contributed by atoms with E-state index in [0.29, 0.717) is 0 Å². The molecule has 1 N–H and O–H groups in total. The van der Waals surface area contributed by atoms with Gasteiger partial charge < -0.3 is 0 Å². The Morgan fingerprint density at radius 2 is 1.57 bits per heavy atom. The number of carbonyl (C=O) groups is 1. The molecule has 0 heterocycles. The molecule has 1 fully saturated rings. The summed E-state index contributed by atoms with van der Waals surface area (Å²) < 4.78 is 0. The van der Waals surface area contributed by atoms with Crippen molar-refractivity contribution in [3.63, 3.8) is 0 Å². The zero-order valence-corrected chi connectivity index (χ0v) is 17.4. The first-order chi connectivity index (χ1) is 14.6. The SMILES string of the molecule is Cc1cccc(C2(c3cccc(C)c3)CC2C(=O)NN=CC=Cc2ccccc2)c1. The number of allylic oxidation sites excluding steroid dienone is 1. The quantitative estimate of drug-likeness (QED) is 0.440. The van der Waals surface area contributed by atoms with Crippen LogP contribution in [0.4, 0.5) is 0 Å². The lowest BCUT2D eigenvalue weighted by atomic mass is 9.84. The number of benzene rings is 3. The van der Waals surface area contributed by atoms with Gasteiger partial charge in [-0.25, -0.2) is 5.43 Å². The Morgan fingerprint density at radius 3 is 2.17 bits per heavy atom. The summed E-state index contributed by atoms with van der Waals surface area (Å²) in [6, 6.07) is 27.0. The van der Waals surface area contributed by atoms with Gasteiger partial charge in [0.25, 0.3) is 0 Å². The number of amides is 1. The van der Waals surface area contributed by atoms with Gasteiger partial charge in [-0.3, -0.25) is 4.79 Å². The second-order valence-electron chi connectivity index (χ2n) is 7.99. The highest BCUT2D eigenvalue weighted by Crippen LogP contribution is 2.59. The number of hydrazone groups is 1. The van der Waals surface area contributed by atoms with E-state index in [9.17, 15) is 4.79 Å². The van der Waals surface area contributed by atoms with Crippen LogP contribution in [0.15, 0.2) is 90.0 Å².